The molecule has 33 heavy (non-hydrogen) atoms. The van der Waals surface area contributed by atoms with E-state index in [0.717, 1.165) is 44.9 Å². The van der Waals surface area contributed by atoms with Crippen molar-refractivity contribution in [3.05, 3.63) is 0 Å². The summed E-state index contributed by atoms with van der Waals surface area (Å²) < 4.78 is 0. The third kappa shape index (κ3) is 4.01. The van der Waals surface area contributed by atoms with Crippen molar-refractivity contribution in [2.24, 2.45) is 52.3 Å². The Hall–Kier alpha value is -0.240. The van der Waals surface area contributed by atoms with Gasteiger partial charge in [-0.05, 0) is 90.8 Å². The average molecular weight is 469 g/mol. The monoisotopic (exact) mass is 468 g/mol. The predicted molar refractivity (Wildman–Crippen MR) is 126 cm³/mol. The van der Waals surface area contributed by atoms with Crippen molar-refractivity contribution in [3.63, 3.8) is 0 Å². The molecule has 14 atom stereocenters. The number of aliphatic hydroxyl groups excluding tert-OH is 6. The van der Waals surface area contributed by atoms with Crippen molar-refractivity contribution in [2.45, 2.75) is 110 Å². The van der Waals surface area contributed by atoms with E-state index in [2.05, 4.69) is 20.8 Å². The zero-order valence-electron chi connectivity index (χ0n) is 21.0. The molecule has 6 nitrogen and oxygen atoms in total. The van der Waals surface area contributed by atoms with Gasteiger partial charge in [-0.25, -0.2) is 0 Å². The molecule has 0 aromatic carbocycles. The van der Waals surface area contributed by atoms with E-state index in [1.807, 2.05) is 6.92 Å². The van der Waals surface area contributed by atoms with Gasteiger partial charge >= 0.3 is 0 Å². The molecule has 0 bridgehead atoms. The summed E-state index contributed by atoms with van der Waals surface area (Å²) in [5.41, 5.74) is -0.460. The Bertz CT molecular complexity index is 688. The van der Waals surface area contributed by atoms with Crippen LogP contribution in [0.2, 0.25) is 0 Å². The summed E-state index contributed by atoms with van der Waals surface area (Å²) in [5, 5.41) is 64.8. The lowest BCUT2D eigenvalue weighted by molar-refractivity contribution is -0.230. The van der Waals surface area contributed by atoms with Crippen molar-refractivity contribution < 1.29 is 30.6 Å². The summed E-state index contributed by atoms with van der Waals surface area (Å²) in [7, 11) is 0. The highest BCUT2D eigenvalue weighted by atomic mass is 16.3. The molecular weight excluding hydrogens is 420 g/mol. The molecule has 4 fully saturated rings. The van der Waals surface area contributed by atoms with Crippen LogP contribution in [0.4, 0.5) is 0 Å². The summed E-state index contributed by atoms with van der Waals surface area (Å²) in [4.78, 5) is 0. The van der Waals surface area contributed by atoms with Gasteiger partial charge in [0, 0.05) is 6.61 Å². The molecule has 0 unspecified atom stereocenters. The van der Waals surface area contributed by atoms with Crippen LogP contribution in [0, 0.1) is 52.3 Å². The molecule has 4 aliphatic rings. The van der Waals surface area contributed by atoms with Crippen LogP contribution in [0.3, 0.4) is 0 Å². The maximum atomic E-state index is 11.4. The highest BCUT2D eigenvalue weighted by molar-refractivity contribution is 5.17. The van der Waals surface area contributed by atoms with E-state index in [0.29, 0.717) is 6.42 Å². The molecule has 0 amide bonds. The van der Waals surface area contributed by atoms with Gasteiger partial charge in [0.05, 0.1) is 30.5 Å². The fourth-order valence-corrected chi connectivity index (χ4v) is 9.40. The standard InChI is InChI=1S/C27H48O6/c1-14(13-28)6-5-7-15(2)20-24(32)25(33)21-19-17(9-11-27(20,21)4)26(3)10-8-16(29)12-18(26)22(30)23(19)31/h14-25,28-33H,5-13H2,1-4H3/t14-,15+,16-,17+,18+,19+,20-,21-,22-,23-,24+,25+,26+,27+/m0/s1. The lowest BCUT2D eigenvalue weighted by Gasteiger charge is -2.63. The molecule has 192 valence electrons. The van der Waals surface area contributed by atoms with Gasteiger partial charge in [-0.3, -0.25) is 0 Å². The van der Waals surface area contributed by atoms with Crippen LogP contribution in [-0.4, -0.2) is 67.8 Å². The van der Waals surface area contributed by atoms with Gasteiger partial charge in [-0.2, -0.15) is 0 Å². The Morgan fingerprint density at radius 1 is 0.788 bits per heavy atom. The van der Waals surface area contributed by atoms with E-state index in [1.54, 1.807) is 0 Å². The summed E-state index contributed by atoms with van der Waals surface area (Å²) in [6.07, 6.45) is 2.78. The van der Waals surface area contributed by atoms with Crippen molar-refractivity contribution >= 4 is 0 Å². The first-order valence-electron chi connectivity index (χ1n) is 13.5. The van der Waals surface area contributed by atoms with Crippen LogP contribution in [0.25, 0.3) is 0 Å². The van der Waals surface area contributed by atoms with E-state index in [4.69, 9.17) is 0 Å². The van der Waals surface area contributed by atoms with Crippen LogP contribution in [0.15, 0.2) is 0 Å². The molecule has 0 radical (unpaired) electrons. The van der Waals surface area contributed by atoms with Gasteiger partial charge in [-0.15, -0.1) is 0 Å². The predicted octanol–water partition coefficient (Wildman–Crippen LogP) is 2.32. The Morgan fingerprint density at radius 3 is 2.12 bits per heavy atom. The molecule has 0 aromatic rings. The number of rotatable bonds is 6. The second-order valence-electron chi connectivity index (χ2n) is 13.0. The van der Waals surface area contributed by atoms with Gasteiger partial charge in [0.25, 0.3) is 0 Å². The van der Waals surface area contributed by atoms with E-state index in [-0.39, 0.29) is 58.9 Å². The van der Waals surface area contributed by atoms with Gasteiger partial charge < -0.3 is 30.6 Å². The topological polar surface area (TPSA) is 121 Å². The number of aliphatic hydroxyl groups is 6. The second-order valence-corrected chi connectivity index (χ2v) is 13.0. The Labute approximate surface area is 199 Å². The molecule has 0 aliphatic heterocycles. The van der Waals surface area contributed by atoms with Crippen molar-refractivity contribution in [3.8, 4) is 0 Å². The van der Waals surface area contributed by atoms with Gasteiger partial charge in [-0.1, -0.05) is 40.5 Å². The number of hydrogen-bond acceptors (Lipinski definition) is 6. The van der Waals surface area contributed by atoms with E-state index in [9.17, 15) is 30.6 Å². The number of fused-ring (bicyclic) bond motifs is 5. The van der Waals surface area contributed by atoms with Crippen LogP contribution >= 0.6 is 0 Å². The van der Waals surface area contributed by atoms with E-state index >= 15 is 0 Å². The molecular formula is C27H48O6. The Balaban J connectivity index is 1.60. The zero-order valence-corrected chi connectivity index (χ0v) is 21.0. The smallest absolute Gasteiger partial charge is 0.0839 e. The molecule has 0 spiro atoms. The molecule has 6 N–H and O–H groups in total. The first-order chi connectivity index (χ1) is 15.5. The van der Waals surface area contributed by atoms with Gasteiger partial charge in [0.15, 0.2) is 0 Å². The zero-order chi connectivity index (χ0) is 24.3. The van der Waals surface area contributed by atoms with Crippen LogP contribution in [-0.2, 0) is 0 Å². The van der Waals surface area contributed by atoms with Crippen LogP contribution < -0.4 is 0 Å². The first kappa shape index (κ1) is 25.8. The normalized spacial score (nSPS) is 53.6. The van der Waals surface area contributed by atoms with Crippen LogP contribution in [0.5, 0.6) is 0 Å². The quantitative estimate of drug-likeness (QED) is 0.356. The minimum atomic E-state index is -0.940. The summed E-state index contributed by atoms with van der Waals surface area (Å²) in [6, 6.07) is 0. The fourth-order valence-electron chi connectivity index (χ4n) is 9.40. The van der Waals surface area contributed by atoms with Crippen molar-refractivity contribution in [1.82, 2.24) is 0 Å². The lowest BCUT2D eigenvalue weighted by Crippen LogP contribution is -2.65. The maximum Gasteiger partial charge on any atom is 0.0839 e. The van der Waals surface area contributed by atoms with E-state index in [1.165, 1.54) is 0 Å². The largest absolute Gasteiger partial charge is 0.396 e. The third-order valence-corrected chi connectivity index (χ3v) is 11.2. The van der Waals surface area contributed by atoms with Crippen molar-refractivity contribution in [2.75, 3.05) is 6.61 Å². The van der Waals surface area contributed by atoms with Gasteiger partial charge in [0.2, 0.25) is 0 Å². The summed E-state index contributed by atoms with van der Waals surface area (Å²) >= 11 is 0. The SMILES string of the molecule is C[C@H](CO)CCC[C@@H](C)[C@H]1[C@@H](O)[C@H](O)[C@@H]2[C@@H]3[C@H](O)[C@@H](O)[C@H]4C[C@@H](O)CC[C@]4(C)[C@@H]3CC[C@@]21C. The Kier molecular flexibility index (Phi) is 7.30. The average Bonchev–Trinajstić information content (AvgIpc) is 2.98. The second kappa shape index (κ2) is 9.33. The lowest BCUT2D eigenvalue weighted by atomic mass is 9.43. The molecule has 0 aromatic heterocycles. The molecule has 6 heteroatoms. The summed E-state index contributed by atoms with van der Waals surface area (Å²) in [6.45, 7) is 8.84. The molecule has 4 saturated carbocycles. The molecule has 4 aliphatic carbocycles. The molecule has 0 saturated heterocycles. The first-order valence-corrected chi connectivity index (χ1v) is 13.5. The van der Waals surface area contributed by atoms with Crippen molar-refractivity contribution in [1.29, 1.82) is 0 Å². The highest BCUT2D eigenvalue weighted by Crippen LogP contribution is 2.68. The highest BCUT2D eigenvalue weighted by Gasteiger charge is 2.69. The minimum absolute atomic E-state index is 0.0501. The maximum absolute atomic E-state index is 11.4. The molecule has 4 rings (SSSR count). The van der Waals surface area contributed by atoms with E-state index < -0.39 is 30.5 Å². The Morgan fingerprint density at radius 2 is 1.45 bits per heavy atom. The summed E-state index contributed by atoms with van der Waals surface area (Å²) in [5.74, 6) is 0.00526. The van der Waals surface area contributed by atoms with Crippen LogP contribution in [0.1, 0.15) is 79.1 Å². The van der Waals surface area contributed by atoms with Gasteiger partial charge in [0.1, 0.15) is 0 Å². The fraction of sp³-hybridized carbons (Fsp3) is 1.00. The molecule has 0 heterocycles. The third-order valence-electron chi connectivity index (χ3n) is 11.2. The number of hydrogen-bond donors (Lipinski definition) is 6. The minimum Gasteiger partial charge on any atom is -0.396 e.